The van der Waals surface area contributed by atoms with Crippen LogP contribution in [0.5, 0.6) is 0 Å². The van der Waals surface area contributed by atoms with Gasteiger partial charge in [0.15, 0.2) is 0 Å². The zero-order valence-corrected chi connectivity index (χ0v) is 39.5. The van der Waals surface area contributed by atoms with E-state index >= 15 is 0 Å². The van der Waals surface area contributed by atoms with Gasteiger partial charge in [0.05, 0.1) is 11.4 Å². The quantitative estimate of drug-likeness (QED) is 0.177. The van der Waals surface area contributed by atoms with E-state index in [2.05, 4.69) is 194 Å². The minimum absolute atomic E-state index is 0.766. The van der Waals surface area contributed by atoms with Gasteiger partial charge in [0.2, 0.25) is 0 Å². The zero-order chi connectivity index (χ0) is 48.2. The van der Waals surface area contributed by atoms with Gasteiger partial charge in [0.25, 0.3) is 0 Å². The van der Waals surface area contributed by atoms with E-state index in [1.807, 2.05) is 30.6 Å². The standard InChI is InChI=1S/C69H46N2O/c1-2-16-42(15-1)66-46(24-11-25-47(66)44-31-34-55-51-19-3-6-20-52(51)59-28-13-37-70-67(59)68-60(64(55)40-44)29-14-38-71-68)43-32-35-56-57-36-33-45(48-26-12-27-61-58-23-9-10-30-65(58)72-69(48)61)41-63(57)54-22-8-5-18-50(54)49-17-4-7-21-53(49)62(56)39-43/h3-14,17-42H,1-2,15-16H2/i42D. The molecule has 12 aromatic rings. The van der Waals surface area contributed by atoms with E-state index in [4.69, 9.17) is 14.4 Å². The molecule has 15 rings (SSSR count). The van der Waals surface area contributed by atoms with Crippen molar-refractivity contribution in [3.63, 3.8) is 0 Å². The predicted octanol–water partition coefficient (Wildman–Crippen LogP) is 19.0. The van der Waals surface area contributed by atoms with Crippen molar-refractivity contribution in [3.8, 4) is 123 Å². The van der Waals surface area contributed by atoms with E-state index in [1.54, 1.807) is 0 Å². The number of pyridine rings is 2. The maximum Gasteiger partial charge on any atom is 0.143 e. The molecule has 3 heteroatoms. The summed E-state index contributed by atoms with van der Waals surface area (Å²) in [7, 11) is 0. The number of furan rings is 1. The Labute approximate surface area is 420 Å². The lowest BCUT2D eigenvalue weighted by Gasteiger charge is -2.26. The highest BCUT2D eigenvalue weighted by atomic mass is 16.3. The molecule has 0 unspecified atom stereocenters. The van der Waals surface area contributed by atoms with E-state index in [1.165, 1.54) is 50.1 Å². The zero-order valence-electron chi connectivity index (χ0n) is 40.5. The maximum absolute atomic E-state index is 10.4. The summed E-state index contributed by atoms with van der Waals surface area (Å²) in [6, 6.07) is 77.3. The van der Waals surface area contributed by atoms with E-state index in [9.17, 15) is 1.37 Å². The van der Waals surface area contributed by atoms with Crippen molar-refractivity contribution in [1.82, 2.24) is 9.97 Å². The van der Waals surface area contributed by atoms with Crippen molar-refractivity contribution in [1.29, 1.82) is 0 Å². The molecular weight excluding hydrogens is 873 g/mol. The van der Waals surface area contributed by atoms with Crippen molar-refractivity contribution >= 4 is 21.9 Å². The molecule has 3 nitrogen and oxygen atoms in total. The highest BCUT2D eigenvalue weighted by Crippen LogP contribution is 2.53. The Hall–Kier alpha value is -8.92. The first-order valence-electron chi connectivity index (χ1n) is 25.8. The molecule has 3 aromatic heterocycles. The smallest absolute Gasteiger partial charge is 0.143 e. The van der Waals surface area contributed by atoms with Gasteiger partial charge in [0.1, 0.15) is 11.2 Å². The number of para-hydroxylation sites is 2. The molecule has 338 valence electrons. The predicted molar refractivity (Wildman–Crippen MR) is 297 cm³/mol. The first-order chi connectivity index (χ1) is 36.1. The van der Waals surface area contributed by atoms with Crippen molar-refractivity contribution < 1.29 is 5.79 Å². The fourth-order valence-corrected chi connectivity index (χ4v) is 12.4. The fraction of sp³-hybridized carbons (Fsp3) is 0.0725. The fourth-order valence-electron chi connectivity index (χ4n) is 12.4. The summed E-state index contributed by atoms with van der Waals surface area (Å²) in [5.41, 5.74) is 27.5. The monoisotopic (exact) mass is 919 g/mol. The Kier molecular flexibility index (Phi) is 9.05. The highest BCUT2D eigenvalue weighted by Gasteiger charge is 2.29. The van der Waals surface area contributed by atoms with Gasteiger partial charge in [-0.15, -0.1) is 0 Å². The Balaban J connectivity index is 0.934. The lowest BCUT2D eigenvalue weighted by Crippen LogP contribution is -2.02. The molecule has 0 radical (unpaired) electrons. The summed E-state index contributed by atoms with van der Waals surface area (Å²) in [4.78, 5) is 9.97. The summed E-state index contributed by atoms with van der Waals surface area (Å²) in [5, 5.41) is 2.25. The minimum atomic E-state index is -0.766. The summed E-state index contributed by atoms with van der Waals surface area (Å²) in [5.74, 6) is -0.766. The van der Waals surface area contributed by atoms with Crippen LogP contribution in [0, 0.1) is 0 Å². The summed E-state index contributed by atoms with van der Waals surface area (Å²) in [6.45, 7) is 0. The summed E-state index contributed by atoms with van der Waals surface area (Å²) in [6.07, 6.45) is 7.43. The Morgan fingerprint density at radius 2 is 0.708 bits per heavy atom. The molecule has 0 amide bonds. The van der Waals surface area contributed by atoms with Crippen molar-refractivity contribution in [2.45, 2.75) is 31.6 Å². The topological polar surface area (TPSA) is 38.9 Å². The second-order valence-corrected chi connectivity index (χ2v) is 19.5. The number of aromatic nitrogens is 2. The lowest BCUT2D eigenvalue weighted by molar-refractivity contribution is 0.670. The molecule has 3 aliphatic carbocycles. The van der Waals surface area contributed by atoms with E-state index < -0.39 is 5.89 Å². The first kappa shape index (κ1) is 39.9. The van der Waals surface area contributed by atoms with Crippen LogP contribution in [0.4, 0.5) is 0 Å². The summed E-state index contributed by atoms with van der Waals surface area (Å²) < 4.78 is 17.0. The molecule has 9 aromatic carbocycles. The van der Waals surface area contributed by atoms with Crippen molar-refractivity contribution in [2.75, 3.05) is 0 Å². The van der Waals surface area contributed by atoms with Crippen LogP contribution < -0.4 is 0 Å². The number of fused-ring (bicyclic) bond motifs is 19. The maximum atomic E-state index is 10.4. The number of benzene rings is 9. The molecule has 72 heavy (non-hydrogen) atoms. The van der Waals surface area contributed by atoms with Gasteiger partial charge in [0, 0.05) is 41.2 Å². The average Bonchev–Trinajstić information content (AvgIpc) is 4.08. The molecule has 0 bridgehead atoms. The molecule has 3 heterocycles. The first-order valence-corrected chi connectivity index (χ1v) is 25.3. The molecule has 1 fully saturated rings. The molecule has 3 aliphatic rings. The number of hydrogen-bond donors (Lipinski definition) is 0. The Morgan fingerprint density at radius 3 is 1.26 bits per heavy atom. The number of hydrogen-bond acceptors (Lipinski definition) is 3. The van der Waals surface area contributed by atoms with Gasteiger partial charge in [-0.05, 0) is 155 Å². The van der Waals surface area contributed by atoms with Gasteiger partial charge >= 0.3 is 0 Å². The Bertz CT molecular complexity index is 4240. The second-order valence-electron chi connectivity index (χ2n) is 19.5. The molecule has 0 N–H and O–H groups in total. The van der Waals surface area contributed by atoms with E-state index in [0.717, 1.165) is 126 Å². The van der Waals surface area contributed by atoms with Gasteiger partial charge in [-0.2, -0.15) is 0 Å². The van der Waals surface area contributed by atoms with Crippen LogP contribution in [-0.2, 0) is 0 Å². The molecule has 0 atom stereocenters. The van der Waals surface area contributed by atoms with Crippen LogP contribution in [0.2, 0.25) is 0 Å². The highest BCUT2D eigenvalue weighted by molar-refractivity contribution is 6.11. The van der Waals surface area contributed by atoms with Gasteiger partial charge in [-0.25, -0.2) is 0 Å². The van der Waals surface area contributed by atoms with Crippen LogP contribution in [0.1, 0.15) is 38.5 Å². The number of rotatable bonds is 4. The lowest BCUT2D eigenvalue weighted by atomic mass is 9.78. The van der Waals surface area contributed by atoms with E-state index in [-0.39, 0.29) is 0 Å². The number of nitrogens with zero attached hydrogens (tertiary/aromatic N) is 2. The SMILES string of the molecule is [2H]C1(c2c(-c3ccc4c(c3)-c3ccccc3-c3ccccc3-c3cc(-c5cccc6c5oc5ccccc56)ccc3-4)cccc2-c2ccc3c(c2)-c2cccnc2-c2ncccc2-c2ccccc2-3)CCCC1. The molecule has 1 saturated carbocycles. The summed E-state index contributed by atoms with van der Waals surface area (Å²) >= 11 is 0. The molecule has 0 aliphatic heterocycles. The Morgan fingerprint density at radius 1 is 0.333 bits per heavy atom. The third-order valence-corrected chi connectivity index (χ3v) is 15.7. The average molecular weight is 920 g/mol. The van der Waals surface area contributed by atoms with Gasteiger partial charge < -0.3 is 4.42 Å². The van der Waals surface area contributed by atoms with Crippen molar-refractivity contribution in [2.24, 2.45) is 0 Å². The third kappa shape index (κ3) is 6.30. The van der Waals surface area contributed by atoms with Gasteiger partial charge in [-0.1, -0.05) is 189 Å². The largest absolute Gasteiger partial charge is 0.455 e. The van der Waals surface area contributed by atoms with Crippen LogP contribution in [0.3, 0.4) is 0 Å². The molecule has 0 spiro atoms. The van der Waals surface area contributed by atoms with Crippen molar-refractivity contribution in [3.05, 3.63) is 230 Å². The van der Waals surface area contributed by atoms with Crippen LogP contribution in [0.25, 0.3) is 145 Å². The van der Waals surface area contributed by atoms with E-state index in [0.29, 0.717) is 0 Å². The third-order valence-electron chi connectivity index (χ3n) is 15.7. The second kappa shape index (κ2) is 16.3. The van der Waals surface area contributed by atoms with Crippen LogP contribution >= 0.6 is 0 Å². The normalized spacial score (nSPS) is 13.9. The van der Waals surface area contributed by atoms with Crippen LogP contribution in [0.15, 0.2) is 229 Å². The molecular formula is C69H46N2O. The minimum Gasteiger partial charge on any atom is -0.455 e. The molecule has 0 saturated heterocycles. The van der Waals surface area contributed by atoms with Crippen LogP contribution in [-0.4, -0.2) is 9.97 Å². The van der Waals surface area contributed by atoms with Gasteiger partial charge in [-0.3, -0.25) is 9.97 Å².